The summed E-state index contributed by atoms with van der Waals surface area (Å²) in [5.74, 6) is 0.428. The summed E-state index contributed by atoms with van der Waals surface area (Å²) in [5, 5.41) is 0. The predicted octanol–water partition coefficient (Wildman–Crippen LogP) is -0.0634. The molecule has 6 heteroatoms. The number of nitrogens with zero attached hydrogens (tertiary/aromatic N) is 1. The molecule has 2 fully saturated rings. The molecule has 1 aliphatic heterocycles. The number of hydrogen-bond acceptors (Lipinski definition) is 3. The van der Waals surface area contributed by atoms with Gasteiger partial charge >= 0.3 is 0 Å². The van der Waals surface area contributed by atoms with Crippen molar-refractivity contribution in [1.82, 2.24) is 9.62 Å². The standard InChI is InChI=1S/C10H18N2O3S/c1-16(14,15)11-9-3-2-6-12(7-9)10(13)8-4-5-8/h8-9,11H,2-7H2,1H3/t9-/m1/s1. The van der Waals surface area contributed by atoms with E-state index in [0.717, 1.165) is 38.5 Å². The Bertz CT molecular complexity index is 376. The molecule has 1 atom stereocenters. The molecule has 2 rings (SSSR count). The lowest BCUT2D eigenvalue weighted by Crippen LogP contribution is -2.49. The fourth-order valence-corrected chi connectivity index (χ4v) is 2.96. The monoisotopic (exact) mass is 246 g/mol. The van der Waals surface area contributed by atoms with Gasteiger partial charge in [0.25, 0.3) is 0 Å². The fourth-order valence-electron chi connectivity index (χ4n) is 2.16. The van der Waals surface area contributed by atoms with E-state index in [2.05, 4.69) is 4.72 Å². The molecule has 1 amide bonds. The maximum absolute atomic E-state index is 11.8. The van der Waals surface area contributed by atoms with Crippen LogP contribution in [0.3, 0.4) is 0 Å². The van der Waals surface area contributed by atoms with Crippen LogP contribution in [0.4, 0.5) is 0 Å². The number of hydrogen-bond donors (Lipinski definition) is 1. The van der Waals surface area contributed by atoms with E-state index in [1.54, 1.807) is 0 Å². The lowest BCUT2D eigenvalue weighted by Gasteiger charge is -2.32. The third kappa shape index (κ3) is 3.18. The minimum absolute atomic E-state index is 0.105. The molecular weight excluding hydrogens is 228 g/mol. The van der Waals surface area contributed by atoms with Gasteiger partial charge < -0.3 is 4.90 Å². The SMILES string of the molecule is CS(=O)(=O)N[C@@H]1CCCN(C(=O)C2CC2)C1. The number of nitrogens with one attached hydrogen (secondary N) is 1. The molecule has 92 valence electrons. The summed E-state index contributed by atoms with van der Waals surface area (Å²) in [6.07, 6.45) is 4.86. The van der Waals surface area contributed by atoms with Gasteiger partial charge in [0.1, 0.15) is 0 Å². The molecule has 0 aromatic heterocycles. The van der Waals surface area contributed by atoms with Gasteiger partial charge in [-0.3, -0.25) is 4.79 Å². The zero-order chi connectivity index (χ0) is 11.8. The molecular formula is C10H18N2O3S. The van der Waals surface area contributed by atoms with Gasteiger partial charge in [-0.2, -0.15) is 0 Å². The average Bonchev–Trinajstić information content (AvgIpc) is 2.97. The van der Waals surface area contributed by atoms with Crippen molar-refractivity contribution in [3.05, 3.63) is 0 Å². The smallest absolute Gasteiger partial charge is 0.225 e. The normalized spacial score (nSPS) is 26.8. The van der Waals surface area contributed by atoms with E-state index >= 15 is 0 Å². The molecule has 0 bridgehead atoms. The molecule has 0 unspecified atom stereocenters. The first-order valence-corrected chi connectivity index (χ1v) is 7.61. The highest BCUT2D eigenvalue weighted by molar-refractivity contribution is 7.88. The van der Waals surface area contributed by atoms with E-state index < -0.39 is 10.0 Å². The van der Waals surface area contributed by atoms with Gasteiger partial charge in [-0.15, -0.1) is 0 Å². The van der Waals surface area contributed by atoms with Crippen molar-refractivity contribution in [2.75, 3.05) is 19.3 Å². The number of likely N-dealkylation sites (tertiary alicyclic amines) is 1. The van der Waals surface area contributed by atoms with Crippen LogP contribution in [0.5, 0.6) is 0 Å². The van der Waals surface area contributed by atoms with Crippen molar-refractivity contribution in [1.29, 1.82) is 0 Å². The second-order valence-corrected chi connectivity index (χ2v) is 6.57. The Labute approximate surface area is 96.2 Å². The van der Waals surface area contributed by atoms with Crippen molar-refractivity contribution in [3.63, 3.8) is 0 Å². The van der Waals surface area contributed by atoms with Crippen LogP contribution in [0.2, 0.25) is 0 Å². The van der Waals surface area contributed by atoms with Gasteiger partial charge in [0.05, 0.1) is 6.26 Å². The van der Waals surface area contributed by atoms with E-state index in [9.17, 15) is 13.2 Å². The van der Waals surface area contributed by atoms with Gasteiger partial charge in [-0.05, 0) is 25.7 Å². The molecule has 2 aliphatic rings. The van der Waals surface area contributed by atoms with Crippen LogP contribution in [-0.4, -0.2) is 44.6 Å². The van der Waals surface area contributed by atoms with Gasteiger partial charge in [-0.25, -0.2) is 13.1 Å². The topological polar surface area (TPSA) is 66.5 Å². The highest BCUT2D eigenvalue weighted by atomic mass is 32.2. The molecule has 1 saturated carbocycles. The fraction of sp³-hybridized carbons (Fsp3) is 0.900. The Morgan fingerprint density at radius 3 is 2.56 bits per heavy atom. The molecule has 5 nitrogen and oxygen atoms in total. The van der Waals surface area contributed by atoms with E-state index in [1.165, 1.54) is 0 Å². The van der Waals surface area contributed by atoms with E-state index in [1.807, 2.05) is 4.90 Å². The molecule has 16 heavy (non-hydrogen) atoms. The minimum Gasteiger partial charge on any atom is -0.341 e. The predicted molar refractivity (Wildman–Crippen MR) is 60.3 cm³/mol. The van der Waals surface area contributed by atoms with Crippen molar-refractivity contribution in [2.45, 2.75) is 31.7 Å². The Hall–Kier alpha value is -0.620. The van der Waals surface area contributed by atoms with Gasteiger partial charge in [0.15, 0.2) is 0 Å². The lowest BCUT2D eigenvalue weighted by atomic mass is 10.1. The summed E-state index contributed by atoms with van der Waals surface area (Å²) in [6.45, 7) is 1.31. The summed E-state index contributed by atoms with van der Waals surface area (Å²) in [4.78, 5) is 13.6. The summed E-state index contributed by atoms with van der Waals surface area (Å²) >= 11 is 0. The van der Waals surface area contributed by atoms with Crippen LogP contribution in [0.15, 0.2) is 0 Å². The van der Waals surface area contributed by atoms with E-state index in [0.29, 0.717) is 6.54 Å². The number of sulfonamides is 1. The number of rotatable bonds is 3. The largest absolute Gasteiger partial charge is 0.341 e. The first kappa shape index (κ1) is 11.9. The molecule has 1 saturated heterocycles. The Morgan fingerprint density at radius 2 is 2.00 bits per heavy atom. The van der Waals surface area contributed by atoms with E-state index in [-0.39, 0.29) is 17.9 Å². The maximum atomic E-state index is 11.8. The van der Waals surface area contributed by atoms with Crippen molar-refractivity contribution in [2.24, 2.45) is 5.92 Å². The highest BCUT2D eigenvalue weighted by Gasteiger charge is 2.35. The van der Waals surface area contributed by atoms with E-state index in [4.69, 9.17) is 0 Å². The zero-order valence-corrected chi connectivity index (χ0v) is 10.3. The summed E-state index contributed by atoms with van der Waals surface area (Å²) in [6, 6.07) is -0.105. The third-order valence-corrected chi connectivity index (χ3v) is 3.80. The van der Waals surface area contributed by atoms with Crippen molar-refractivity contribution >= 4 is 15.9 Å². The molecule has 1 aliphatic carbocycles. The quantitative estimate of drug-likeness (QED) is 0.758. The summed E-state index contributed by atoms with van der Waals surface area (Å²) in [7, 11) is -3.17. The van der Waals surface area contributed by atoms with Gasteiger partial charge in [0.2, 0.25) is 15.9 Å². The highest BCUT2D eigenvalue weighted by Crippen LogP contribution is 2.31. The molecule has 0 spiro atoms. The number of amides is 1. The van der Waals surface area contributed by atoms with Crippen LogP contribution >= 0.6 is 0 Å². The summed E-state index contributed by atoms with van der Waals surface area (Å²) in [5.41, 5.74) is 0. The average molecular weight is 246 g/mol. The second kappa shape index (κ2) is 4.33. The van der Waals surface area contributed by atoms with Crippen LogP contribution in [-0.2, 0) is 14.8 Å². The number of piperidine rings is 1. The second-order valence-electron chi connectivity index (χ2n) is 4.79. The molecule has 0 aromatic rings. The van der Waals surface area contributed by atoms with Crippen LogP contribution < -0.4 is 4.72 Å². The zero-order valence-electron chi connectivity index (χ0n) is 9.48. The number of carbonyl (C=O) groups excluding carboxylic acids is 1. The Kier molecular flexibility index (Phi) is 3.21. The third-order valence-electron chi connectivity index (χ3n) is 3.04. The Morgan fingerprint density at radius 1 is 1.31 bits per heavy atom. The molecule has 0 aromatic carbocycles. The Balaban J connectivity index is 1.90. The van der Waals surface area contributed by atoms with Crippen LogP contribution in [0.1, 0.15) is 25.7 Å². The lowest BCUT2D eigenvalue weighted by molar-refractivity contribution is -0.133. The van der Waals surface area contributed by atoms with Crippen molar-refractivity contribution in [3.8, 4) is 0 Å². The first-order chi connectivity index (χ1) is 7.46. The maximum Gasteiger partial charge on any atom is 0.225 e. The van der Waals surface area contributed by atoms with Crippen LogP contribution in [0, 0.1) is 5.92 Å². The van der Waals surface area contributed by atoms with Crippen molar-refractivity contribution < 1.29 is 13.2 Å². The molecule has 1 heterocycles. The van der Waals surface area contributed by atoms with Gasteiger partial charge in [0, 0.05) is 25.0 Å². The first-order valence-electron chi connectivity index (χ1n) is 5.72. The summed E-state index contributed by atoms with van der Waals surface area (Å²) < 4.78 is 24.8. The molecule has 0 radical (unpaired) electrons. The van der Waals surface area contributed by atoms with Crippen LogP contribution in [0.25, 0.3) is 0 Å². The number of carbonyl (C=O) groups is 1. The molecule has 1 N–H and O–H groups in total. The minimum atomic E-state index is -3.17. The van der Waals surface area contributed by atoms with Gasteiger partial charge in [-0.1, -0.05) is 0 Å².